The van der Waals surface area contributed by atoms with Crippen molar-refractivity contribution in [3.05, 3.63) is 17.0 Å². The molecule has 1 heterocycles. The van der Waals surface area contributed by atoms with Crippen molar-refractivity contribution in [1.82, 2.24) is 10.2 Å². The predicted octanol–water partition coefficient (Wildman–Crippen LogP) is 1.31. The lowest BCUT2D eigenvalue weighted by molar-refractivity contribution is 0.115. The van der Waals surface area contributed by atoms with E-state index in [0.29, 0.717) is 0 Å². The summed E-state index contributed by atoms with van der Waals surface area (Å²) in [6, 6.07) is 0. The van der Waals surface area contributed by atoms with Crippen LogP contribution >= 0.6 is 0 Å². The molecule has 3 nitrogen and oxygen atoms in total. The molecule has 1 fully saturated rings. The van der Waals surface area contributed by atoms with Crippen molar-refractivity contribution in [1.29, 1.82) is 0 Å². The van der Waals surface area contributed by atoms with E-state index < -0.39 is 0 Å². The summed E-state index contributed by atoms with van der Waals surface area (Å²) in [5.74, 6) is 0. The van der Waals surface area contributed by atoms with Crippen LogP contribution in [0.3, 0.4) is 0 Å². The number of nitrogens with one attached hydrogen (secondary N) is 1. The number of aliphatic hydroxyl groups is 1. The highest BCUT2D eigenvalue weighted by molar-refractivity contribution is 5.36. The van der Waals surface area contributed by atoms with Gasteiger partial charge in [-0.05, 0) is 37.7 Å². The molecule has 0 saturated heterocycles. The molecule has 3 rings (SSSR count). The number of fused-ring (bicyclic) bond motifs is 1. The van der Waals surface area contributed by atoms with Gasteiger partial charge in [0.15, 0.2) is 0 Å². The molecule has 0 atom stereocenters. The molecule has 3 heteroatoms. The first-order chi connectivity index (χ1) is 6.86. The summed E-state index contributed by atoms with van der Waals surface area (Å²) < 4.78 is 0. The molecule has 0 bridgehead atoms. The van der Waals surface area contributed by atoms with Crippen LogP contribution in [0.2, 0.25) is 0 Å². The fourth-order valence-electron chi connectivity index (χ4n) is 2.83. The molecular formula is C11H16N2O. The van der Waals surface area contributed by atoms with Crippen molar-refractivity contribution in [3.8, 4) is 0 Å². The highest BCUT2D eigenvalue weighted by Gasteiger charge is 2.42. The maximum atomic E-state index is 9.49. The van der Waals surface area contributed by atoms with E-state index in [2.05, 4.69) is 10.2 Å². The molecule has 14 heavy (non-hydrogen) atoms. The van der Waals surface area contributed by atoms with Gasteiger partial charge in [-0.15, -0.1) is 0 Å². The molecule has 0 amide bonds. The van der Waals surface area contributed by atoms with Gasteiger partial charge in [0, 0.05) is 11.1 Å². The molecule has 1 aromatic rings. The van der Waals surface area contributed by atoms with Crippen LogP contribution in [0.5, 0.6) is 0 Å². The topological polar surface area (TPSA) is 48.9 Å². The van der Waals surface area contributed by atoms with Gasteiger partial charge >= 0.3 is 0 Å². The molecule has 1 aromatic heterocycles. The number of aryl methyl sites for hydroxylation is 1. The van der Waals surface area contributed by atoms with E-state index in [0.717, 1.165) is 25.7 Å². The quantitative estimate of drug-likeness (QED) is 0.742. The van der Waals surface area contributed by atoms with Crippen molar-refractivity contribution in [2.75, 3.05) is 6.61 Å². The second kappa shape index (κ2) is 2.83. The normalized spacial score (nSPS) is 23.2. The van der Waals surface area contributed by atoms with Crippen molar-refractivity contribution >= 4 is 0 Å². The zero-order valence-corrected chi connectivity index (χ0v) is 8.34. The maximum Gasteiger partial charge on any atom is 0.0741 e. The lowest BCUT2D eigenvalue weighted by Gasteiger charge is -2.39. The van der Waals surface area contributed by atoms with Gasteiger partial charge < -0.3 is 5.11 Å². The molecular weight excluding hydrogens is 176 g/mol. The predicted molar refractivity (Wildman–Crippen MR) is 53.2 cm³/mol. The smallest absolute Gasteiger partial charge is 0.0741 e. The zero-order chi connectivity index (χ0) is 9.60. The van der Waals surface area contributed by atoms with Crippen molar-refractivity contribution < 1.29 is 5.11 Å². The number of aromatic nitrogens is 2. The third kappa shape index (κ3) is 0.934. The van der Waals surface area contributed by atoms with Gasteiger partial charge in [-0.25, -0.2) is 0 Å². The summed E-state index contributed by atoms with van der Waals surface area (Å²) in [5.41, 5.74) is 3.94. The Bertz CT molecular complexity index is 347. The van der Waals surface area contributed by atoms with Gasteiger partial charge in [0.05, 0.1) is 12.3 Å². The van der Waals surface area contributed by atoms with Gasteiger partial charge in [0.25, 0.3) is 0 Å². The van der Waals surface area contributed by atoms with Crippen LogP contribution in [-0.4, -0.2) is 21.9 Å². The number of aliphatic hydroxyl groups excluding tert-OH is 1. The van der Waals surface area contributed by atoms with Crippen LogP contribution in [0, 0.1) is 0 Å². The molecule has 2 aliphatic carbocycles. The zero-order valence-electron chi connectivity index (χ0n) is 8.34. The fraction of sp³-hybridized carbons (Fsp3) is 0.727. The Labute approximate surface area is 83.5 Å². The van der Waals surface area contributed by atoms with Gasteiger partial charge in [0.1, 0.15) is 0 Å². The highest BCUT2D eigenvalue weighted by Crippen LogP contribution is 2.45. The van der Waals surface area contributed by atoms with Gasteiger partial charge in [0.2, 0.25) is 0 Å². The largest absolute Gasteiger partial charge is 0.395 e. The molecule has 0 radical (unpaired) electrons. The van der Waals surface area contributed by atoms with Crippen molar-refractivity contribution in [2.24, 2.45) is 0 Å². The Hall–Kier alpha value is -0.830. The average Bonchev–Trinajstić information content (AvgIpc) is 2.67. The SMILES string of the molecule is OCC1(c2n[nH]c3c2CCC3)CCC1. The fourth-order valence-corrected chi connectivity index (χ4v) is 2.83. The number of nitrogens with zero attached hydrogens (tertiary/aromatic N) is 1. The van der Waals surface area contributed by atoms with Crippen LogP contribution in [0.4, 0.5) is 0 Å². The first kappa shape index (κ1) is 8.48. The Morgan fingerprint density at radius 1 is 1.29 bits per heavy atom. The van der Waals surface area contributed by atoms with Crippen LogP contribution in [0.15, 0.2) is 0 Å². The number of hydrogen-bond acceptors (Lipinski definition) is 2. The van der Waals surface area contributed by atoms with Crippen LogP contribution in [0.1, 0.15) is 42.6 Å². The average molecular weight is 192 g/mol. The number of hydrogen-bond donors (Lipinski definition) is 2. The van der Waals surface area contributed by atoms with Gasteiger partial charge in [-0.2, -0.15) is 5.10 Å². The minimum absolute atomic E-state index is 0.0222. The Morgan fingerprint density at radius 3 is 2.79 bits per heavy atom. The monoisotopic (exact) mass is 192 g/mol. The third-order valence-electron chi connectivity index (χ3n) is 3.92. The third-order valence-corrected chi connectivity index (χ3v) is 3.92. The summed E-state index contributed by atoms with van der Waals surface area (Å²) in [4.78, 5) is 0. The molecule has 76 valence electrons. The molecule has 0 aromatic carbocycles. The Morgan fingerprint density at radius 2 is 2.14 bits per heavy atom. The number of rotatable bonds is 2. The molecule has 0 unspecified atom stereocenters. The van der Waals surface area contributed by atoms with Crippen molar-refractivity contribution in [3.63, 3.8) is 0 Å². The number of H-pyrrole nitrogens is 1. The minimum atomic E-state index is 0.0222. The molecule has 0 aliphatic heterocycles. The van der Waals surface area contributed by atoms with Crippen molar-refractivity contribution in [2.45, 2.75) is 43.9 Å². The van der Waals surface area contributed by atoms with E-state index in [4.69, 9.17) is 0 Å². The van der Waals surface area contributed by atoms with E-state index in [1.165, 1.54) is 29.8 Å². The van der Waals surface area contributed by atoms with E-state index in [9.17, 15) is 5.11 Å². The molecule has 1 saturated carbocycles. The molecule has 2 aliphatic rings. The second-order valence-corrected chi connectivity index (χ2v) is 4.67. The van der Waals surface area contributed by atoms with Gasteiger partial charge in [-0.3, -0.25) is 5.10 Å². The maximum absolute atomic E-state index is 9.49. The summed E-state index contributed by atoms with van der Waals surface area (Å²) in [6.45, 7) is 0.268. The Kier molecular flexibility index (Phi) is 1.71. The summed E-state index contributed by atoms with van der Waals surface area (Å²) >= 11 is 0. The lowest BCUT2D eigenvalue weighted by atomic mass is 9.66. The van der Waals surface area contributed by atoms with Crippen LogP contribution < -0.4 is 0 Å². The summed E-state index contributed by atoms with van der Waals surface area (Å²) in [6.07, 6.45) is 7.01. The summed E-state index contributed by atoms with van der Waals surface area (Å²) in [7, 11) is 0. The van der Waals surface area contributed by atoms with E-state index >= 15 is 0 Å². The van der Waals surface area contributed by atoms with Crippen LogP contribution in [-0.2, 0) is 18.3 Å². The lowest BCUT2D eigenvalue weighted by Crippen LogP contribution is -2.39. The highest BCUT2D eigenvalue weighted by atomic mass is 16.3. The van der Waals surface area contributed by atoms with E-state index in [-0.39, 0.29) is 12.0 Å². The molecule has 2 N–H and O–H groups in total. The summed E-state index contributed by atoms with van der Waals surface area (Å²) in [5, 5.41) is 17.0. The van der Waals surface area contributed by atoms with Gasteiger partial charge in [-0.1, -0.05) is 6.42 Å². The van der Waals surface area contributed by atoms with E-state index in [1.807, 2.05) is 0 Å². The first-order valence-corrected chi connectivity index (χ1v) is 5.53. The number of aromatic amines is 1. The Balaban J connectivity index is 2.03. The van der Waals surface area contributed by atoms with E-state index in [1.54, 1.807) is 0 Å². The minimum Gasteiger partial charge on any atom is -0.395 e. The second-order valence-electron chi connectivity index (χ2n) is 4.67. The first-order valence-electron chi connectivity index (χ1n) is 5.53. The van der Waals surface area contributed by atoms with Crippen LogP contribution in [0.25, 0.3) is 0 Å². The molecule has 0 spiro atoms. The standard InChI is InChI=1S/C11H16N2O/c14-7-11(5-2-6-11)10-8-3-1-4-9(8)12-13-10/h14H,1-7H2,(H,12,13).